The molecule has 0 saturated carbocycles. The summed E-state index contributed by atoms with van der Waals surface area (Å²) in [6.45, 7) is -0.706. The fourth-order valence-electron chi connectivity index (χ4n) is 3.79. The zero-order valence-electron chi connectivity index (χ0n) is 19.8. The average Bonchev–Trinajstić information content (AvgIpc) is 3.18. The molecule has 2 amide bonds. The molecule has 1 unspecified atom stereocenters. The molecule has 0 aliphatic rings. The smallest absolute Gasteiger partial charge is 0.405 e. The van der Waals surface area contributed by atoms with Gasteiger partial charge in [-0.3, -0.25) is 9.36 Å². The minimum atomic E-state index is -1.04. The van der Waals surface area contributed by atoms with Crippen molar-refractivity contribution >= 4 is 35.2 Å². The monoisotopic (exact) mass is 557 g/mol. The number of aromatic nitrogens is 3. The molecule has 0 saturated heterocycles. The van der Waals surface area contributed by atoms with E-state index in [1.807, 2.05) is 0 Å². The van der Waals surface area contributed by atoms with Crippen molar-refractivity contribution in [1.29, 1.82) is 0 Å². The summed E-state index contributed by atoms with van der Waals surface area (Å²) in [6, 6.07) is 19.3. The van der Waals surface area contributed by atoms with Crippen LogP contribution in [0.3, 0.4) is 0 Å². The second kappa shape index (κ2) is 11.9. The third-order valence-corrected chi connectivity index (χ3v) is 6.20. The lowest BCUT2D eigenvalue weighted by Crippen LogP contribution is -2.37. The lowest BCUT2D eigenvalue weighted by Gasteiger charge is -2.18. The molecule has 0 fully saturated rings. The Morgan fingerprint density at radius 1 is 1.03 bits per heavy atom. The Balaban J connectivity index is 1.58. The number of nitrogens with zero attached hydrogens (tertiary/aromatic N) is 3. The van der Waals surface area contributed by atoms with Crippen molar-refractivity contribution in [2.45, 2.75) is 19.2 Å². The predicted molar refractivity (Wildman–Crippen MR) is 140 cm³/mol. The van der Waals surface area contributed by atoms with Crippen molar-refractivity contribution in [2.24, 2.45) is 5.73 Å². The molecule has 0 aliphatic carbocycles. The number of rotatable bonds is 9. The van der Waals surface area contributed by atoms with Gasteiger partial charge in [0.25, 0.3) is 0 Å². The van der Waals surface area contributed by atoms with Crippen molar-refractivity contribution in [1.82, 2.24) is 19.7 Å². The molecule has 4 aromatic rings. The van der Waals surface area contributed by atoms with E-state index in [1.54, 1.807) is 66.7 Å². The largest absolute Gasteiger partial charge is 0.440 e. The van der Waals surface area contributed by atoms with Crippen LogP contribution < -0.4 is 16.7 Å². The first-order valence-corrected chi connectivity index (χ1v) is 12.1. The van der Waals surface area contributed by atoms with Crippen LogP contribution in [-0.2, 0) is 22.6 Å². The van der Waals surface area contributed by atoms with Gasteiger partial charge >= 0.3 is 11.8 Å². The quantitative estimate of drug-likeness (QED) is 0.320. The van der Waals surface area contributed by atoms with E-state index in [9.17, 15) is 18.8 Å². The van der Waals surface area contributed by atoms with Gasteiger partial charge in [-0.15, -0.1) is 5.10 Å². The molecule has 196 valence electrons. The number of hydrogen-bond donors (Lipinski definition) is 2. The summed E-state index contributed by atoms with van der Waals surface area (Å²) in [7, 11) is 0. The second-order valence-corrected chi connectivity index (χ2v) is 9.04. The fourth-order valence-corrected chi connectivity index (χ4v) is 4.17. The fraction of sp³-hybridized carbons (Fsp3) is 0.154. The topological polar surface area (TPSA) is 121 Å². The first kappa shape index (κ1) is 26.9. The van der Waals surface area contributed by atoms with Crippen LogP contribution >= 0.6 is 23.2 Å². The normalized spacial score (nSPS) is 11.7. The Labute approximate surface area is 226 Å². The number of amides is 2. The SMILES string of the molecule is NC(=O)OC(CNC(=O)Cn1nc(-c2ccc(Cl)cc2)n(Cc2ccccc2F)c1=O)c1ccccc1Cl. The van der Waals surface area contributed by atoms with E-state index < -0.39 is 36.2 Å². The first-order chi connectivity index (χ1) is 18.2. The molecule has 4 rings (SSSR count). The number of carbonyl (C=O) groups excluding carboxylic acids is 2. The Morgan fingerprint density at radius 3 is 2.39 bits per heavy atom. The maximum Gasteiger partial charge on any atom is 0.405 e. The summed E-state index contributed by atoms with van der Waals surface area (Å²) in [4.78, 5) is 37.4. The third-order valence-electron chi connectivity index (χ3n) is 5.60. The Morgan fingerprint density at radius 2 is 1.71 bits per heavy atom. The standard InChI is InChI=1S/C26H22Cl2FN5O4/c27-18-11-9-16(10-12-18)24-32-34(26(37)33(24)14-17-5-1-4-8-21(17)29)15-23(35)31-13-22(38-25(30)36)19-6-2-3-7-20(19)28/h1-12,22H,13-15H2,(H2,30,36)(H,31,35). The van der Waals surface area contributed by atoms with Gasteiger partial charge in [0.15, 0.2) is 5.82 Å². The molecular formula is C26H22Cl2FN5O4. The molecule has 0 spiro atoms. The molecule has 0 bridgehead atoms. The van der Waals surface area contributed by atoms with E-state index in [4.69, 9.17) is 33.7 Å². The lowest BCUT2D eigenvalue weighted by atomic mass is 10.1. The zero-order valence-corrected chi connectivity index (χ0v) is 21.3. The van der Waals surface area contributed by atoms with Gasteiger partial charge in [0.2, 0.25) is 5.91 Å². The maximum absolute atomic E-state index is 14.4. The number of hydrogen-bond acceptors (Lipinski definition) is 5. The number of nitrogens with two attached hydrogens (primary N) is 1. The van der Waals surface area contributed by atoms with E-state index in [0.29, 0.717) is 21.2 Å². The number of halogens is 3. The molecule has 3 aromatic carbocycles. The highest BCUT2D eigenvalue weighted by molar-refractivity contribution is 6.31. The maximum atomic E-state index is 14.4. The number of benzene rings is 3. The van der Waals surface area contributed by atoms with E-state index in [1.165, 1.54) is 10.6 Å². The van der Waals surface area contributed by atoms with Crippen LogP contribution in [0.2, 0.25) is 10.0 Å². The van der Waals surface area contributed by atoms with Gasteiger partial charge in [-0.25, -0.2) is 18.7 Å². The number of primary amides is 1. The predicted octanol–water partition coefficient (Wildman–Crippen LogP) is 4.16. The zero-order chi connectivity index (χ0) is 27.2. The number of ether oxygens (including phenoxy) is 1. The van der Waals surface area contributed by atoms with Crippen LogP contribution in [0.1, 0.15) is 17.2 Å². The molecule has 1 aromatic heterocycles. The third kappa shape index (κ3) is 6.39. The summed E-state index contributed by atoms with van der Waals surface area (Å²) in [5.74, 6) is -0.837. The van der Waals surface area contributed by atoms with Crippen LogP contribution in [0.4, 0.5) is 9.18 Å². The van der Waals surface area contributed by atoms with Crippen LogP contribution in [0.5, 0.6) is 0 Å². The molecule has 1 atom stereocenters. The molecule has 0 radical (unpaired) electrons. The molecule has 0 aliphatic heterocycles. The van der Waals surface area contributed by atoms with Gasteiger partial charge in [0.1, 0.15) is 18.5 Å². The molecule has 3 N–H and O–H groups in total. The highest BCUT2D eigenvalue weighted by atomic mass is 35.5. The number of nitrogens with one attached hydrogen (secondary N) is 1. The minimum Gasteiger partial charge on any atom is -0.440 e. The Hall–Kier alpha value is -4.15. The van der Waals surface area contributed by atoms with Gasteiger partial charge < -0.3 is 15.8 Å². The Bertz CT molecular complexity index is 1520. The minimum absolute atomic E-state index is 0.105. The molecule has 38 heavy (non-hydrogen) atoms. The molecular weight excluding hydrogens is 536 g/mol. The van der Waals surface area contributed by atoms with Crippen molar-refractivity contribution < 1.29 is 18.7 Å². The highest BCUT2D eigenvalue weighted by Crippen LogP contribution is 2.25. The summed E-state index contributed by atoms with van der Waals surface area (Å²) in [5, 5.41) is 7.76. The Kier molecular flexibility index (Phi) is 8.45. The van der Waals surface area contributed by atoms with E-state index in [-0.39, 0.29) is 24.5 Å². The molecule has 1 heterocycles. The van der Waals surface area contributed by atoms with Crippen LogP contribution in [0.25, 0.3) is 11.4 Å². The van der Waals surface area contributed by atoms with E-state index in [2.05, 4.69) is 10.4 Å². The lowest BCUT2D eigenvalue weighted by molar-refractivity contribution is -0.122. The van der Waals surface area contributed by atoms with Crippen LogP contribution in [0.15, 0.2) is 77.6 Å². The molecule has 9 nitrogen and oxygen atoms in total. The van der Waals surface area contributed by atoms with Crippen molar-refractivity contribution in [3.8, 4) is 11.4 Å². The van der Waals surface area contributed by atoms with Gasteiger partial charge in [0.05, 0.1) is 13.1 Å². The van der Waals surface area contributed by atoms with Crippen LogP contribution in [-0.4, -0.2) is 32.9 Å². The van der Waals surface area contributed by atoms with Crippen molar-refractivity contribution in [3.63, 3.8) is 0 Å². The van der Waals surface area contributed by atoms with E-state index in [0.717, 1.165) is 4.68 Å². The summed E-state index contributed by atoms with van der Waals surface area (Å²) in [5.41, 5.74) is 5.84. The number of carbonyl (C=O) groups is 2. The van der Waals surface area contributed by atoms with Gasteiger partial charge in [-0.05, 0) is 36.4 Å². The first-order valence-electron chi connectivity index (χ1n) is 11.4. The van der Waals surface area contributed by atoms with E-state index >= 15 is 0 Å². The average molecular weight is 558 g/mol. The second-order valence-electron chi connectivity index (χ2n) is 8.20. The summed E-state index contributed by atoms with van der Waals surface area (Å²) >= 11 is 12.2. The van der Waals surface area contributed by atoms with Gasteiger partial charge in [0, 0.05) is 26.7 Å². The summed E-state index contributed by atoms with van der Waals surface area (Å²) < 4.78 is 21.7. The van der Waals surface area contributed by atoms with Crippen molar-refractivity contribution in [2.75, 3.05) is 6.54 Å². The van der Waals surface area contributed by atoms with Gasteiger partial charge in [-0.2, -0.15) is 0 Å². The van der Waals surface area contributed by atoms with Gasteiger partial charge in [-0.1, -0.05) is 59.6 Å². The molecule has 12 heteroatoms. The summed E-state index contributed by atoms with van der Waals surface area (Å²) in [6.07, 6.45) is -2.00. The van der Waals surface area contributed by atoms with Crippen LogP contribution in [0, 0.1) is 5.82 Å². The highest BCUT2D eigenvalue weighted by Gasteiger charge is 2.21. The van der Waals surface area contributed by atoms with Crippen molar-refractivity contribution in [3.05, 3.63) is 110 Å².